The summed E-state index contributed by atoms with van der Waals surface area (Å²) in [6.07, 6.45) is 9.92. The zero-order valence-electron chi connectivity index (χ0n) is 13.9. The van der Waals surface area contributed by atoms with Crippen LogP contribution in [0.2, 0.25) is 0 Å². The van der Waals surface area contributed by atoms with Crippen LogP contribution >= 0.6 is 11.8 Å². The van der Waals surface area contributed by atoms with Crippen LogP contribution in [0, 0.1) is 5.41 Å². The maximum atomic E-state index is 13.7. The zero-order chi connectivity index (χ0) is 15.5. The van der Waals surface area contributed by atoms with E-state index in [1.54, 1.807) is 20.8 Å². The summed E-state index contributed by atoms with van der Waals surface area (Å²) in [4.78, 5) is 0. The van der Waals surface area contributed by atoms with Gasteiger partial charge in [-0.3, -0.25) is 0 Å². The molecule has 0 N–H and O–H groups in total. The number of hydrogen-bond donors (Lipinski definition) is 0. The topological polar surface area (TPSA) is 0 Å². The van der Waals surface area contributed by atoms with Crippen molar-refractivity contribution in [3.63, 3.8) is 0 Å². The van der Waals surface area contributed by atoms with Crippen LogP contribution in [0.3, 0.4) is 0 Å². The Morgan fingerprint density at radius 1 is 0.750 bits per heavy atom. The highest BCUT2D eigenvalue weighted by atomic mass is 32.2. The number of thioether (sulfide) groups is 1. The van der Waals surface area contributed by atoms with E-state index in [1.165, 1.54) is 44.9 Å². The molecule has 3 heteroatoms. The van der Waals surface area contributed by atoms with Crippen molar-refractivity contribution in [2.45, 2.75) is 91.4 Å². The van der Waals surface area contributed by atoms with Crippen molar-refractivity contribution >= 4 is 11.8 Å². The van der Waals surface area contributed by atoms with Gasteiger partial charge in [-0.15, -0.1) is 0 Å². The first kappa shape index (κ1) is 20.2. The number of rotatable bonds is 12. The van der Waals surface area contributed by atoms with Gasteiger partial charge in [0.25, 0.3) is 5.92 Å². The van der Waals surface area contributed by atoms with E-state index < -0.39 is 11.3 Å². The Morgan fingerprint density at radius 2 is 1.25 bits per heavy atom. The van der Waals surface area contributed by atoms with E-state index in [0.29, 0.717) is 6.42 Å². The largest absolute Gasteiger partial charge is 0.252 e. The SMILES string of the molecule is CCCCCCCCCSCCCC(F)(F)C(C)(C)C. The maximum Gasteiger partial charge on any atom is 0.252 e. The minimum atomic E-state index is -2.53. The van der Waals surface area contributed by atoms with Crippen molar-refractivity contribution in [3.05, 3.63) is 0 Å². The average molecular weight is 309 g/mol. The van der Waals surface area contributed by atoms with Gasteiger partial charge < -0.3 is 0 Å². The van der Waals surface area contributed by atoms with Gasteiger partial charge in [0.1, 0.15) is 0 Å². The smallest absolute Gasteiger partial charge is 0.206 e. The molecule has 0 rings (SSSR count). The third-order valence-electron chi connectivity index (χ3n) is 3.77. The van der Waals surface area contributed by atoms with Crippen LogP contribution in [0.5, 0.6) is 0 Å². The Hall–Kier alpha value is 0.210. The van der Waals surface area contributed by atoms with E-state index in [1.807, 2.05) is 11.8 Å². The highest BCUT2D eigenvalue weighted by Crippen LogP contribution is 2.39. The molecule has 0 fully saturated rings. The molecule has 0 aliphatic rings. The van der Waals surface area contributed by atoms with Crippen molar-refractivity contribution in [3.8, 4) is 0 Å². The fourth-order valence-electron chi connectivity index (χ4n) is 2.03. The maximum absolute atomic E-state index is 13.7. The molecular weight excluding hydrogens is 274 g/mol. The summed E-state index contributed by atoms with van der Waals surface area (Å²) in [6.45, 7) is 7.11. The lowest BCUT2D eigenvalue weighted by Gasteiger charge is -2.30. The summed E-state index contributed by atoms with van der Waals surface area (Å²) in [5.41, 5.74) is -0.907. The van der Waals surface area contributed by atoms with Crippen molar-refractivity contribution < 1.29 is 8.78 Å². The van der Waals surface area contributed by atoms with E-state index in [2.05, 4.69) is 6.92 Å². The monoisotopic (exact) mass is 308 g/mol. The zero-order valence-corrected chi connectivity index (χ0v) is 14.8. The molecule has 0 amide bonds. The van der Waals surface area contributed by atoms with Crippen LogP contribution in [-0.2, 0) is 0 Å². The molecule has 0 aromatic carbocycles. The van der Waals surface area contributed by atoms with Crippen molar-refractivity contribution in [2.75, 3.05) is 11.5 Å². The molecule has 0 aliphatic heterocycles. The van der Waals surface area contributed by atoms with E-state index in [0.717, 1.165) is 11.5 Å². The highest BCUT2D eigenvalue weighted by Gasteiger charge is 2.41. The second-order valence-corrected chi connectivity index (χ2v) is 8.02. The van der Waals surface area contributed by atoms with Crippen molar-refractivity contribution in [1.29, 1.82) is 0 Å². The van der Waals surface area contributed by atoms with Gasteiger partial charge in [-0.05, 0) is 24.3 Å². The molecule has 0 nitrogen and oxygen atoms in total. The van der Waals surface area contributed by atoms with E-state index in [-0.39, 0.29) is 6.42 Å². The Bertz CT molecular complexity index is 222. The van der Waals surface area contributed by atoms with Crippen molar-refractivity contribution in [2.24, 2.45) is 5.41 Å². The molecule has 0 spiro atoms. The van der Waals surface area contributed by atoms with Gasteiger partial charge in [0, 0.05) is 11.8 Å². The molecule has 0 saturated heterocycles. The van der Waals surface area contributed by atoms with Crippen LogP contribution in [0.15, 0.2) is 0 Å². The minimum Gasteiger partial charge on any atom is -0.206 e. The lowest BCUT2D eigenvalue weighted by Crippen LogP contribution is -2.33. The average Bonchev–Trinajstić information content (AvgIpc) is 2.34. The molecule has 0 aliphatic carbocycles. The van der Waals surface area contributed by atoms with Crippen LogP contribution < -0.4 is 0 Å². The predicted molar refractivity (Wildman–Crippen MR) is 89.0 cm³/mol. The minimum absolute atomic E-state index is 0.0283. The molecule has 0 bridgehead atoms. The van der Waals surface area contributed by atoms with E-state index >= 15 is 0 Å². The van der Waals surface area contributed by atoms with E-state index in [9.17, 15) is 8.78 Å². The summed E-state index contributed by atoms with van der Waals surface area (Å²) in [6, 6.07) is 0. The molecule has 0 saturated carbocycles. The standard InChI is InChI=1S/C17H34F2S/c1-5-6-7-8-9-10-11-14-20-15-12-13-17(18,19)16(2,3)4/h5-15H2,1-4H3. The molecule has 122 valence electrons. The molecule has 0 heterocycles. The summed E-state index contributed by atoms with van der Waals surface area (Å²) >= 11 is 1.84. The Labute approximate surface area is 129 Å². The van der Waals surface area contributed by atoms with Gasteiger partial charge >= 0.3 is 0 Å². The molecule has 0 atom stereocenters. The van der Waals surface area contributed by atoms with Crippen molar-refractivity contribution in [1.82, 2.24) is 0 Å². The van der Waals surface area contributed by atoms with Gasteiger partial charge in [-0.1, -0.05) is 66.2 Å². The molecule has 0 aromatic rings. The van der Waals surface area contributed by atoms with Crippen LogP contribution in [0.1, 0.15) is 85.5 Å². The summed E-state index contributed by atoms with van der Waals surface area (Å²) in [5.74, 6) is -0.525. The lowest BCUT2D eigenvalue weighted by atomic mass is 9.85. The first-order valence-corrected chi connectivity index (χ1v) is 9.42. The van der Waals surface area contributed by atoms with E-state index in [4.69, 9.17) is 0 Å². The third kappa shape index (κ3) is 10.0. The highest BCUT2D eigenvalue weighted by molar-refractivity contribution is 7.99. The number of alkyl halides is 2. The van der Waals surface area contributed by atoms with Gasteiger partial charge in [0.05, 0.1) is 0 Å². The molecule has 20 heavy (non-hydrogen) atoms. The Morgan fingerprint density at radius 3 is 1.80 bits per heavy atom. The second-order valence-electron chi connectivity index (χ2n) is 6.79. The molecule has 0 radical (unpaired) electrons. The number of hydrogen-bond acceptors (Lipinski definition) is 1. The first-order chi connectivity index (χ1) is 9.31. The third-order valence-corrected chi connectivity index (χ3v) is 4.92. The lowest BCUT2D eigenvalue weighted by molar-refractivity contribution is -0.103. The Balaban J connectivity index is 3.33. The predicted octanol–water partition coefficient (Wildman–Crippen LogP) is 6.93. The van der Waals surface area contributed by atoms with Gasteiger partial charge in [-0.25, -0.2) is 8.78 Å². The molecular formula is C17H34F2S. The second kappa shape index (κ2) is 10.9. The summed E-state index contributed by atoms with van der Waals surface area (Å²) in [5, 5.41) is 0. The Kier molecular flexibility index (Phi) is 11.0. The molecule has 0 unspecified atom stereocenters. The summed E-state index contributed by atoms with van der Waals surface area (Å²) in [7, 11) is 0. The van der Waals surface area contributed by atoms with Crippen LogP contribution in [0.25, 0.3) is 0 Å². The van der Waals surface area contributed by atoms with Crippen LogP contribution in [-0.4, -0.2) is 17.4 Å². The summed E-state index contributed by atoms with van der Waals surface area (Å²) < 4.78 is 27.4. The van der Waals surface area contributed by atoms with Gasteiger partial charge in [0.15, 0.2) is 0 Å². The number of halogens is 2. The normalized spacial score (nSPS) is 12.9. The van der Waals surface area contributed by atoms with Gasteiger partial charge in [0.2, 0.25) is 0 Å². The number of unbranched alkanes of at least 4 members (excludes halogenated alkanes) is 6. The fourth-order valence-corrected chi connectivity index (χ4v) is 3.00. The van der Waals surface area contributed by atoms with Crippen LogP contribution in [0.4, 0.5) is 8.78 Å². The first-order valence-electron chi connectivity index (χ1n) is 8.27. The fraction of sp³-hybridized carbons (Fsp3) is 1.00. The van der Waals surface area contributed by atoms with Gasteiger partial charge in [-0.2, -0.15) is 11.8 Å². The quantitative estimate of drug-likeness (QED) is 0.352. The molecule has 0 aromatic heterocycles.